The van der Waals surface area contributed by atoms with Crippen LogP contribution in [0.5, 0.6) is 0 Å². The molecular weight excluding hydrogens is 522 g/mol. The Bertz CT molecular complexity index is 1390. The van der Waals surface area contributed by atoms with Gasteiger partial charge < -0.3 is 0 Å². The number of nitrogens with zero attached hydrogens (tertiary/aromatic N) is 1. The lowest BCUT2D eigenvalue weighted by molar-refractivity contribution is -0.385. The molecule has 9 nitrogen and oxygen atoms in total. The molecule has 2 N–H and O–H groups in total. The number of hydrogen-bond acceptors (Lipinski definition) is 6. The molecule has 0 radical (unpaired) electrons. The fourth-order valence-corrected chi connectivity index (χ4v) is 5.34. The number of benzene rings is 3. The zero-order valence-electron chi connectivity index (χ0n) is 16.9. The molecule has 12 heteroatoms. The Kier molecular flexibility index (Phi) is 6.58. The number of nitro benzene ring substituents is 1. The summed E-state index contributed by atoms with van der Waals surface area (Å²) in [4.78, 5) is 10.5. The smallest absolute Gasteiger partial charge is 0.277 e. The van der Waals surface area contributed by atoms with Gasteiger partial charge in [-0.2, -0.15) is 0 Å². The van der Waals surface area contributed by atoms with Gasteiger partial charge in [0.15, 0.2) is 0 Å². The number of hydrogen-bond donors (Lipinski definition) is 2. The van der Waals surface area contributed by atoms with Gasteiger partial charge in [0.05, 0.1) is 30.6 Å². The van der Waals surface area contributed by atoms with E-state index in [4.69, 9.17) is 0 Å². The average molecular weight is 540 g/mol. The minimum Gasteiger partial charge on any atom is -0.277 e. The zero-order valence-corrected chi connectivity index (χ0v) is 20.1. The highest BCUT2D eigenvalue weighted by Crippen LogP contribution is 2.36. The standard InChI is InChI=1S/C20H18BrN3O6S2/c1-13-3-7-15(8-4-13)31(27,28)22-18-11-17(21)20(24(25)26)12-19(18)23-32(29,30)16-9-5-14(2)6-10-16/h3-12,22-23H,1-2H3. The van der Waals surface area contributed by atoms with Gasteiger partial charge in [-0.05, 0) is 60.1 Å². The lowest BCUT2D eigenvalue weighted by Crippen LogP contribution is -2.18. The van der Waals surface area contributed by atoms with Crippen molar-refractivity contribution in [2.75, 3.05) is 9.44 Å². The van der Waals surface area contributed by atoms with Gasteiger partial charge in [-0.1, -0.05) is 35.4 Å². The Morgan fingerprint density at radius 2 is 1.12 bits per heavy atom. The number of sulfonamides is 2. The maximum Gasteiger partial charge on any atom is 0.285 e. The SMILES string of the molecule is Cc1ccc(S(=O)(=O)Nc2cc(Br)c([N+](=O)[O-])cc2NS(=O)(=O)c2ccc(C)cc2)cc1. The Morgan fingerprint density at radius 3 is 1.50 bits per heavy atom. The molecule has 168 valence electrons. The molecule has 0 saturated carbocycles. The molecule has 3 aromatic carbocycles. The van der Waals surface area contributed by atoms with Gasteiger partial charge in [0.25, 0.3) is 25.7 Å². The molecule has 0 heterocycles. The molecule has 0 aliphatic rings. The molecule has 0 unspecified atom stereocenters. The Morgan fingerprint density at radius 1 is 0.750 bits per heavy atom. The van der Waals surface area contributed by atoms with Crippen molar-refractivity contribution >= 4 is 53.0 Å². The first kappa shape index (κ1) is 23.7. The lowest BCUT2D eigenvalue weighted by Gasteiger charge is -2.15. The molecule has 32 heavy (non-hydrogen) atoms. The third-order valence-electron chi connectivity index (χ3n) is 4.43. The van der Waals surface area contributed by atoms with E-state index in [-0.39, 0.29) is 25.6 Å². The molecule has 0 atom stereocenters. The fraction of sp³-hybridized carbons (Fsp3) is 0.100. The van der Waals surface area contributed by atoms with E-state index in [0.29, 0.717) is 0 Å². The van der Waals surface area contributed by atoms with Gasteiger partial charge in [0.2, 0.25) is 0 Å². The van der Waals surface area contributed by atoms with Gasteiger partial charge in [0, 0.05) is 6.07 Å². The molecule has 3 rings (SSSR count). The molecule has 0 aliphatic carbocycles. The predicted molar refractivity (Wildman–Crippen MR) is 125 cm³/mol. The zero-order chi connectivity index (χ0) is 23.7. The van der Waals surface area contributed by atoms with Crippen LogP contribution in [0.1, 0.15) is 11.1 Å². The van der Waals surface area contributed by atoms with Gasteiger partial charge in [0.1, 0.15) is 0 Å². The van der Waals surface area contributed by atoms with Gasteiger partial charge in [-0.15, -0.1) is 0 Å². The normalized spacial score (nSPS) is 11.7. The highest BCUT2D eigenvalue weighted by Gasteiger charge is 2.24. The molecule has 0 spiro atoms. The van der Waals surface area contributed by atoms with E-state index >= 15 is 0 Å². The van der Waals surface area contributed by atoms with Crippen molar-refractivity contribution in [2.45, 2.75) is 23.6 Å². The van der Waals surface area contributed by atoms with Crippen LogP contribution in [0.15, 0.2) is 74.9 Å². The first-order valence-electron chi connectivity index (χ1n) is 9.06. The van der Waals surface area contributed by atoms with Crippen molar-refractivity contribution < 1.29 is 21.8 Å². The average Bonchev–Trinajstić information content (AvgIpc) is 2.70. The van der Waals surface area contributed by atoms with Crippen molar-refractivity contribution in [3.8, 4) is 0 Å². The second-order valence-corrected chi connectivity index (χ2v) is 11.2. The summed E-state index contributed by atoms with van der Waals surface area (Å²) in [5.74, 6) is 0. The number of rotatable bonds is 7. The van der Waals surface area contributed by atoms with Crippen molar-refractivity contribution in [1.82, 2.24) is 0 Å². The Labute approximate surface area is 193 Å². The van der Waals surface area contributed by atoms with Crippen LogP contribution in [-0.2, 0) is 20.0 Å². The second-order valence-electron chi connectivity index (χ2n) is 6.94. The van der Waals surface area contributed by atoms with E-state index in [9.17, 15) is 26.9 Å². The fourth-order valence-electron chi connectivity index (χ4n) is 2.71. The maximum absolute atomic E-state index is 12.8. The van der Waals surface area contributed by atoms with E-state index in [2.05, 4.69) is 25.4 Å². The third-order valence-corrected chi connectivity index (χ3v) is 7.83. The largest absolute Gasteiger partial charge is 0.285 e. The molecule has 0 aromatic heterocycles. The first-order chi connectivity index (χ1) is 14.9. The summed E-state index contributed by atoms with van der Waals surface area (Å²) in [6.07, 6.45) is 0. The van der Waals surface area contributed by atoms with Crippen LogP contribution in [0.25, 0.3) is 0 Å². The first-order valence-corrected chi connectivity index (χ1v) is 12.8. The highest BCUT2D eigenvalue weighted by molar-refractivity contribution is 9.10. The number of anilines is 2. The molecule has 0 bridgehead atoms. The molecule has 0 saturated heterocycles. The molecular formula is C20H18BrN3O6S2. The van der Waals surface area contributed by atoms with Crippen LogP contribution in [0.2, 0.25) is 0 Å². The number of nitro groups is 1. The van der Waals surface area contributed by atoms with Crippen LogP contribution in [0, 0.1) is 24.0 Å². The molecule has 3 aromatic rings. The van der Waals surface area contributed by atoms with E-state index in [1.807, 2.05) is 0 Å². The van der Waals surface area contributed by atoms with Gasteiger partial charge in [-0.3, -0.25) is 19.6 Å². The summed E-state index contributed by atoms with van der Waals surface area (Å²) >= 11 is 3.03. The van der Waals surface area contributed by atoms with E-state index in [0.717, 1.165) is 23.3 Å². The van der Waals surface area contributed by atoms with Crippen molar-refractivity contribution in [1.29, 1.82) is 0 Å². The lowest BCUT2D eigenvalue weighted by atomic mass is 10.2. The van der Waals surface area contributed by atoms with Crippen molar-refractivity contribution in [3.63, 3.8) is 0 Å². The summed E-state index contributed by atoms with van der Waals surface area (Å²) < 4.78 is 55.9. The van der Waals surface area contributed by atoms with Gasteiger partial charge >= 0.3 is 0 Å². The van der Waals surface area contributed by atoms with E-state index < -0.39 is 30.7 Å². The van der Waals surface area contributed by atoms with Crippen LogP contribution < -0.4 is 9.44 Å². The highest BCUT2D eigenvalue weighted by atomic mass is 79.9. The number of nitrogens with one attached hydrogen (secondary N) is 2. The monoisotopic (exact) mass is 539 g/mol. The summed E-state index contributed by atoms with van der Waals surface area (Å²) in [5, 5.41) is 11.4. The quantitative estimate of drug-likeness (QED) is 0.333. The summed E-state index contributed by atoms with van der Waals surface area (Å²) in [5.41, 5.74) is 0.781. The second kappa shape index (κ2) is 8.88. The summed E-state index contributed by atoms with van der Waals surface area (Å²) in [7, 11) is -8.26. The van der Waals surface area contributed by atoms with Crippen LogP contribution in [0.4, 0.5) is 17.1 Å². The maximum atomic E-state index is 12.8. The summed E-state index contributed by atoms with van der Waals surface area (Å²) in [6.45, 7) is 3.59. The van der Waals surface area contributed by atoms with Crippen molar-refractivity contribution in [3.05, 3.63) is 86.4 Å². The summed E-state index contributed by atoms with van der Waals surface area (Å²) in [6, 6.07) is 14.0. The third kappa shape index (κ3) is 5.26. The molecule has 0 fully saturated rings. The predicted octanol–water partition coefficient (Wildman–Crippen LogP) is 4.58. The van der Waals surface area contributed by atoms with Crippen molar-refractivity contribution in [2.24, 2.45) is 0 Å². The number of aryl methyl sites for hydroxylation is 2. The Hall–Kier alpha value is -2.96. The van der Waals surface area contributed by atoms with Gasteiger partial charge in [-0.25, -0.2) is 16.8 Å². The van der Waals surface area contributed by atoms with Crippen LogP contribution in [-0.4, -0.2) is 21.8 Å². The Balaban J connectivity index is 2.08. The van der Waals surface area contributed by atoms with E-state index in [1.165, 1.54) is 24.3 Å². The van der Waals surface area contributed by atoms with E-state index in [1.54, 1.807) is 38.1 Å². The molecule has 0 amide bonds. The van der Waals surface area contributed by atoms with Crippen LogP contribution in [0.3, 0.4) is 0 Å². The van der Waals surface area contributed by atoms with Crippen LogP contribution >= 0.6 is 15.9 Å². The minimum absolute atomic E-state index is 0.0256. The number of halogens is 1. The topological polar surface area (TPSA) is 135 Å². The molecule has 0 aliphatic heterocycles. The minimum atomic E-state index is -4.16.